The number of ether oxygens (including phenoxy) is 3. The van der Waals surface area contributed by atoms with Crippen LogP contribution in [-0.4, -0.2) is 48.3 Å². The van der Waals surface area contributed by atoms with Crippen molar-refractivity contribution in [3.8, 4) is 28.6 Å². The smallest absolute Gasteiger partial charge is 0.277 e. The van der Waals surface area contributed by atoms with Gasteiger partial charge in [-0.1, -0.05) is 26.2 Å². The van der Waals surface area contributed by atoms with E-state index in [1.165, 1.54) is 35.9 Å². The van der Waals surface area contributed by atoms with Crippen molar-refractivity contribution < 1.29 is 22.6 Å². The number of nitrogens with zero attached hydrogens (tertiary/aromatic N) is 3. The van der Waals surface area contributed by atoms with E-state index in [2.05, 4.69) is 19.8 Å². The van der Waals surface area contributed by atoms with E-state index >= 15 is 0 Å². The minimum Gasteiger partial charge on any atom is -0.493 e. The highest BCUT2D eigenvalue weighted by Crippen LogP contribution is 2.34. The molecule has 0 spiro atoms. The Morgan fingerprint density at radius 2 is 1.79 bits per heavy atom. The van der Waals surface area contributed by atoms with Crippen LogP contribution in [0.15, 0.2) is 46.1 Å². The summed E-state index contributed by atoms with van der Waals surface area (Å²) in [5.74, 6) is 2.71. The molecule has 2 N–H and O–H groups in total. The molecule has 2 heterocycles. The molecule has 11 nitrogen and oxygen atoms in total. The lowest BCUT2D eigenvalue weighted by Crippen LogP contribution is -2.17. The molecule has 43 heavy (non-hydrogen) atoms. The van der Waals surface area contributed by atoms with Crippen LogP contribution in [0.4, 0.5) is 5.69 Å². The van der Waals surface area contributed by atoms with Crippen molar-refractivity contribution in [2.45, 2.75) is 70.6 Å². The van der Waals surface area contributed by atoms with Crippen LogP contribution in [0.25, 0.3) is 16.9 Å². The highest BCUT2D eigenvalue weighted by molar-refractivity contribution is 7.92. The number of rotatable bonds is 12. The van der Waals surface area contributed by atoms with Crippen LogP contribution in [0.2, 0.25) is 0 Å². The van der Waals surface area contributed by atoms with Crippen molar-refractivity contribution in [2.75, 3.05) is 25.0 Å². The van der Waals surface area contributed by atoms with E-state index in [4.69, 9.17) is 14.2 Å². The second-order valence-electron chi connectivity index (χ2n) is 10.8. The van der Waals surface area contributed by atoms with Crippen molar-refractivity contribution in [1.29, 1.82) is 0 Å². The Bertz CT molecular complexity index is 1760. The number of anilines is 1. The van der Waals surface area contributed by atoms with Crippen LogP contribution in [0.1, 0.15) is 63.9 Å². The molecule has 12 heteroatoms. The number of sulfonamides is 1. The first-order chi connectivity index (χ1) is 20.7. The fourth-order valence-corrected chi connectivity index (χ4v) is 6.59. The lowest BCUT2D eigenvalue weighted by atomic mass is 9.90. The molecule has 0 amide bonds. The summed E-state index contributed by atoms with van der Waals surface area (Å²) in [4.78, 5) is 20.4. The maximum absolute atomic E-state index is 13.6. The molecule has 0 saturated heterocycles. The number of hydrogen-bond acceptors (Lipinski definition) is 8. The van der Waals surface area contributed by atoms with Crippen molar-refractivity contribution in [3.63, 3.8) is 0 Å². The van der Waals surface area contributed by atoms with Gasteiger partial charge in [-0.25, -0.2) is 17.9 Å². The molecule has 0 aliphatic heterocycles. The Morgan fingerprint density at radius 1 is 1.02 bits per heavy atom. The number of hydrogen-bond donors (Lipinski definition) is 2. The van der Waals surface area contributed by atoms with Crippen LogP contribution < -0.4 is 24.5 Å². The first-order valence-electron chi connectivity index (χ1n) is 14.8. The normalized spacial score (nSPS) is 14.1. The highest BCUT2D eigenvalue weighted by atomic mass is 32.2. The second-order valence-corrected chi connectivity index (χ2v) is 12.5. The third-order valence-corrected chi connectivity index (χ3v) is 9.03. The molecule has 1 saturated carbocycles. The molecule has 0 bridgehead atoms. The fraction of sp³-hybridized carbons (Fsp3) is 0.452. The molecule has 1 aliphatic carbocycles. The van der Waals surface area contributed by atoms with Gasteiger partial charge in [0.25, 0.3) is 15.6 Å². The number of aromatic nitrogens is 4. The molecule has 1 aliphatic rings. The highest BCUT2D eigenvalue weighted by Gasteiger charge is 2.22. The molecule has 4 aromatic rings. The molecule has 1 fully saturated rings. The van der Waals surface area contributed by atoms with Gasteiger partial charge < -0.3 is 19.2 Å². The van der Waals surface area contributed by atoms with E-state index in [0.29, 0.717) is 71.1 Å². The predicted octanol–water partition coefficient (Wildman–Crippen LogP) is 5.51. The van der Waals surface area contributed by atoms with Crippen LogP contribution in [0, 0.1) is 12.8 Å². The van der Waals surface area contributed by atoms with Gasteiger partial charge in [0.15, 0.2) is 22.8 Å². The van der Waals surface area contributed by atoms with Gasteiger partial charge in [-0.15, -0.1) is 5.10 Å². The van der Waals surface area contributed by atoms with E-state index in [9.17, 15) is 13.2 Å². The number of H-pyrrole nitrogens is 1. The summed E-state index contributed by atoms with van der Waals surface area (Å²) in [5, 5.41) is 4.66. The minimum atomic E-state index is -4.05. The summed E-state index contributed by atoms with van der Waals surface area (Å²) in [6.07, 6.45) is 7.38. The van der Waals surface area contributed by atoms with Gasteiger partial charge in [0, 0.05) is 12.5 Å². The van der Waals surface area contributed by atoms with Crippen LogP contribution >= 0.6 is 0 Å². The van der Waals surface area contributed by atoms with Gasteiger partial charge in [-0.05, 0) is 69.4 Å². The van der Waals surface area contributed by atoms with Gasteiger partial charge in [-0.2, -0.15) is 0 Å². The van der Waals surface area contributed by atoms with Gasteiger partial charge >= 0.3 is 0 Å². The van der Waals surface area contributed by atoms with Crippen LogP contribution in [-0.2, 0) is 16.4 Å². The number of benzene rings is 2. The first-order valence-corrected chi connectivity index (χ1v) is 16.3. The molecule has 0 radical (unpaired) electrons. The topological polar surface area (TPSA) is 137 Å². The summed E-state index contributed by atoms with van der Waals surface area (Å²) >= 11 is 0. The number of fused-ring (bicyclic) bond motifs is 1. The summed E-state index contributed by atoms with van der Waals surface area (Å²) < 4.78 is 48.8. The predicted molar refractivity (Wildman–Crippen MR) is 165 cm³/mol. The summed E-state index contributed by atoms with van der Waals surface area (Å²) in [5.41, 5.74) is 1.24. The summed E-state index contributed by atoms with van der Waals surface area (Å²) in [6, 6.07) is 9.42. The third-order valence-electron chi connectivity index (χ3n) is 7.65. The minimum absolute atomic E-state index is 0.0233. The van der Waals surface area contributed by atoms with Crippen molar-refractivity contribution in [2.24, 2.45) is 5.92 Å². The largest absolute Gasteiger partial charge is 0.493 e. The molecular weight excluding hydrogens is 570 g/mol. The van der Waals surface area contributed by atoms with Crippen LogP contribution in [0.3, 0.4) is 0 Å². The molecule has 2 aromatic carbocycles. The van der Waals surface area contributed by atoms with E-state index in [1.54, 1.807) is 38.3 Å². The zero-order valence-electron chi connectivity index (χ0n) is 25.1. The van der Waals surface area contributed by atoms with Crippen LogP contribution in [0.5, 0.6) is 17.2 Å². The third kappa shape index (κ3) is 6.64. The SMILES string of the molecule is CCCc1nc(C)c2c(=O)[nH]c(-c3cc(S(=O)(=O)Nc4ccc(OC)c(OCC5CCCCC5)c4)ccc3OCC)nn12. The van der Waals surface area contributed by atoms with E-state index in [1.807, 2.05) is 13.8 Å². The van der Waals surface area contributed by atoms with Gasteiger partial charge in [-0.3, -0.25) is 9.52 Å². The number of nitrogens with one attached hydrogen (secondary N) is 2. The second kappa shape index (κ2) is 13.1. The molecular formula is C31H39N5O6S. The van der Waals surface area contributed by atoms with Crippen molar-refractivity contribution in [1.82, 2.24) is 19.6 Å². The monoisotopic (exact) mass is 609 g/mol. The average molecular weight is 610 g/mol. The quantitative estimate of drug-likeness (QED) is 0.214. The average Bonchev–Trinajstić information content (AvgIpc) is 3.32. The zero-order valence-corrected chi connectivity index (χ0v) is 25.9. The van der Waals surface area contributed by atoms with E-state index < -0.39 is 10.0 Å². The Kier molecular flexibility index (Phi) is 9.24. The lowest BCUT2D eigenvalue weighted by molar-refractivity contribution is 0.202. The van der Waals surface area contributed by atoms with Gasteiger partial charge in [0.1, 0.15) is 11.6 Å². The van der Waals surface area contributed by atoms with Crippen molar-refractivity contribution in [3.05, 3.63) is 58.3 Å². The van der Waals surface area contributed by atoms with E-state index in [0.717, 1.165) is 19.3 Å². The molecule has 0 unspecified atom stereocenters. The maximum Gasteiger partial charge on any atom is 0.277 e. The lowest BCUT2D eigenvalue weighted by Gasteiger charge is -2.22. The summed E-state index contributed by atoms with van der Waals surface area (Å²) in [7, 11) is -2.50. The molecule has 230 valence electrons. The Hall–Kier alpha value is -4.06. The van der Waals surface area contributed by atoms with Crippen molar-refractivity contribution >= 4 is 21.2 Å². The van der Waals surface area contributed by atoms with Gasteiger partial charge in [0.2, 0.25) is 0 Å². The Morgan fingerprint density at radius 3 is 2.51 bits per heavy atom. The van der Waals surface area contributed by atoms with E-state index in [-0.39, 0.29) is 16.3 Å². The number of methoxy groups -OCH3 is 1. The van der Waals surface area contributed by atoms with Gasteiger partial charge in [0.05, 0.1) is 42.2 Å². The zero-order chi connectivity index (χ0) is 30.6. The number of aromatic amines is 1. The first kappa shape index (κ1) is 30.4. The standard InChI is InChI=1S/C31H39N5O6S/c1-5-10-28-32-20(3)29-31(37)33-30(34-36(28)29)24-18-23(14-16-25(24)41-6-2)43(38,39)35-22-13-15-26(40-4)27(17-22)42-19-21-11-8-7-9-12-21/h13-18,21,35H,5-12,19H2,1-4H3,(H,33,34,37). The molecule has 2 aromatic heterocycles. The molecule has 0 atom stereocenters. The Balaban J connectivity index is 1.48. The fourth-order valence-electron chi connectivity index (χ4n) is 5.51. The molecule has 5 rings (SSSR count). The number of imidazole rings is 1. The maximum atomic E-state index is 13.6. The number of aryl methyl sites for hydroxylation is 2. The summed E-state index contributed by atoms with van der Waals surface area (Å²) in [6.45, 7) is 6.51. The Labute approximate surface area is 251 Å².